The Hall–Kier alpha value is -1.43. The van der Waals surface area contributed by atoms with Crippen molar-refractivity contribution in [3.63, 3.8) is 0 Å². The van der Waals surface area contributed by atoms with Crippen LogP contribution in [0.3, 0.4) is 0 Å². The number of carbonyl (C=O) groups is 1. The van der Waals surface area contributed by atoms with Gasteiger partial charge in [-0.05, 0) is 36.5 Å². The highest BCUT2D eigenvalue weighted by Gasteiger charge is 2.43. The van der Waals surface area contributed by atoms with Crippen LogP contribution in [0.4, 0.5) is 0 Å². The number of hydrogen-bond donors (Lipinski definition) is 2. The molecule has 0 saturated carbocycles. The first-order chi connectivity index (χ1) is 11.4. The first-order valence-corrected chi connectivity index (χ1v) is 8.79. The van der Waals surface area contributed by atoms with Crippen molar-refractivity contribution in [2.75, 3.05) is 19.7 Å². The molecular weight excluding hydrogens is 306 g/mol. The summed E-state index contributed by atoms with van der Waals surface area (Å²) in [5.41, 5.74) is 1.55. The van der Waals surface area contributed by atoms with Gasteiger partial charge in [-0.2, -0.15) is 0 Å². The third-order valence-corrected chi connectivity index (χ3v) is 5.37. The van der Waals surface area contributed by atoms with Gasteiger partial charge in [0.15, 0.2) is 0 Å². The third kappa shape index (κ3) is 3.48. The van der Waals surface area contributed by atoms with Crippen molar-refractivity contribution in [3.05, 3.63) is 35.4 Å². The summed E-state index contributed by atoms with van der Waals surface area (Å²) in [7, 11) is 0. The number of aliphatic hydroxyl groups is 2. The molecule has 2 aliphatic heterocycles. The van der Waals surface area contributed by atoms with E-state index in [1.165, 1.54) is 5.56 Å². The van der Waals surface area contributed by atoms with Gasteiger partial charge >= 0.3 is 0 Å². The van der Waals surface area contributed by atoms with Crippen LogP contribution in [0, 0.1) is 0 Å². The summed E-state index contributed by atoms with van der Waals surface area (Å²) in [6.07, 6.45) is 0.317. The molecule has 24 heavy (non-hydrogen) atoms. The van der Waals surface area contributed by atoms with Crippen LogP contribution in [0.15, 0.2) is 24.3 Å². The van der Waals surface area contributed by atoms with Crippen LogP contribution in [0.25, 0.3) is 0 Å². The highest BCUT2D eigenvalue weighted by molar-refractivity contribution is 5.94. The van der Waals surface area contributed by atoms with E-state index in [9.17, 15) is 15.0 Å². The average molecular weight is 333 g/mol. The SMILES string of the molecule is CC(C)c1ccc(C(=O)N2CCC3(CC2)C[C@@H](O)[C@@H](O)CO3)cc1. The molecule has 0 radical (unpaired) electrons. The van der Waals surface area contributed by atoms with Crippen molar-refractivity contribution in [1.82, 2.24) is 4.90 Å². The summed E-state index contributed by atoms with van der Waals surface area (Å²) in [4.78, 5) is 14.5. The van der Waals surface area contributed by atoms with Crippen LogP contribution in [-0.2, 0) is 4.74 Å². The number of likely N-dealkylation sites (tertiary alicyclic amines) is 1. The Bertz CT molecular complexity index is 576. The van der Waals surface area contributed by atoms with Crippen LogP contribution in [-0.4, -0.2) is 58.5 Å². The third-order valence-electron chi connectivity index (χ3n) is 5.37. The molecule has 2 saturated heterocycles. The van der Waals surface area contributed by atoms with Gasteiger partial charge in [0, 0.05) is 25.1 Å². The molecule has 0 unspecified atom stereocenters. The Kier molecular flexibility index (Phi) is 4.95. The van der Waals surface area contributed by atoms with Gasteiger partial charge in [-0.25, -0.2) is 0 Å². The van der Waals surface area contributed by atoms with Crippen LogP contribution in [0.5, 0.6) is 0 Å². The summed E-state index contributed by atoms with van der Waals surface area (Å²) < 4.78 is 5.82. The minimum absolute atomic E-state index is 0.0524. The molecule has 2 atom stereocenters. The zero-order valence-corrected chi connectivity index (χ0v) is 14.4. The molecule has 0 aromatic heterocycles. The van der Waals surface area contributed by atoms with Crippen LogP contribution >= 0.6 is 0 Å². The molecule has 1 amide bonds. The number of ether oxygens (including phenoxy) is 1. The fraction of sp³-hybridized carbons (Fsp3) is 0.632. The van der Waals surface area contributed by atoms with Gasteiger partial charge in [0.05, 0.1) is 18.3 Å². The normalized spacial score (nSPS) is 26.8. The molecule has 2 fully saturated rings. The second-order valence-corrected chi connectivity index (χ2v) is 7.40. The number of benzene rings is 1. The molecule has 1 aromatic rings. The predicted molar refractivity (Wildman–Crippen MR) is 91.0 cm³/mol. The summed E-state index contributed by atoms with van der Waals surface area (Å²) in [5.74, 6) is 0.505. The van der Waals surface area contributed by atoms with E-state index >= 15 is 0 Å². The summed E-state index contributed by atoms with van der Waals surface area (Å²) in [5, 5.41) is 19.5. The maximum absolute atomic E-state index is 12.7. The maximum Gasteiger partial charge on any atom is 0.253 e. The van der Waals surface area contributed by atoms with Crippen molar-refractivity contribution in [2.45, 2.75) is 56.8 Å². The van der Waals surface area contributed by atoms with E-state index in [1.807, 2.05) is 29.2 Å². The van der Waals surface area contributed by atoms with Gasteiger partial charge in [0.2, 0.25) is 0 Å². The van der Waals surface area contributed by atoms with E-state index in [0.717, 1.165) is 5.56 Å². The van der Waals surface area contributed by atoms with Crippen molar-refractivity contribution < 1.29 is 19.7 Å². The number of rotatable bonds is 2. The molecule has 132 valence electrons. The number of nitrogens with zero attached hydrogens (tertiary/aromatic N) is 1. The standard InChI is InChI=1S/C19H27NO4/c1-13(2)14-3-5-15(6-4-14)18(23)20-9-7-19(8-10-20)11-16(21)17(22)12-24-19/h3-6,13,16-17,21-22H,7-12H2,1-2H3/t16-,17+/m1/s1. The van der Waals surface area contributed by atoms with Gasteiger partial charge in [0.25, 0.3) is 5.91 Å². The molecule has 2 N–H and O–H groups in total. The molecule has 1 spiro atoms. The zero-order chi connectivity index (χ0) is 17.3. The second kappa shape index (κ2) is 6.82. The summed E-state index contributed by atoms with van der Waals surface area (Å²) in [6.45, 7) is 5.68. The van der Waals surface area contributed by atoms with E-state index < -0.39 is 17.8 Å². The maximum atomic E-state index is 12.7. The van der Waals surface area contributed by atoms with Gasteiger partial charge in [-0.1, -0.05) is 26.0 Å². The smallest absolute Gasteiger partial charge is 0.253 e. The van der Waals surface area contributed by atoms with Gasteiger partial charge in [-0.15, -0.1) is 0 Å². The number of piperidine rings is 1. The Balaban J connectivity index is 1.61. The van der Waals surface area contributed by atoms with E-state index in [0.29, 0.717) is 38.3 Å². The lowest BCUT2D eigenvalue weighted by Gasteiger charge is -2.46. The molecule has 5 nitrogen and oxygen atoms in total. The minimum Gasteiger partial charge on any atom is -0.390 e. The van der Waals surface area contributed by atoms with Crippen molar-refractivity contribution in [3.8, 4) is 0 Å². The quantitative estimate of drug-likeness (QED) is 0.868. The summed E-state index contributed by atoms with van der Waals surface area (Å²) >= 11 is 0. The van der Waals surface area contributed by atoms with Gasteiger partial charge in [-0.3, -0.25) is 4.79 Å². The van der Waals surface area contributed by atoms with Crippen molar-refractivity contribution >= 4 is 5.91 Å². The van der Waals surface area contributed by atoms with Gasteiger partial charge in [0.1, 0.15) is 6.10 Å². The molecule has 5 heteroatoms. The highest BCUT2D eigenvalue weighted by atomic mass is 16.5. The average Bonchev–Trinajstić information content (AvgIpc) is 2.59. The first-order valence-electron chi connectivity index (χ1n) is 8.79. The van der Waals surface area contributed by atoms with Crippen LogP contribution in [0.2, 0.25) is 0 Å². The predicted octanol–water partition coefficient (Wildman–Crippen LogP) is 1.93. The van der Waals surface area contributed by atoms with Crippen molar-refractivity contribution in [2.24, 2.45) is 0 Å². The number of aliphatic hydroxyl groups excluding tert-OH is 2. The second-order valence-electron chi connectivity index (χ2n) is 7.40. The largest absolute Gasteiger partial charge is 0.390 e. The minimum atomic E-state index is -0.797. The Morgan fingerprint density at radius 1 is 1.17 bits per heavy atom. The first kappa shape index (κ1) is 17.4. The monoisotopic (exact) mass is 333 g/mol. The lowest BCUT2D eigenvalue weighted by molar-refractivity contribution is -0.185. The van der Waals surface area contributed by atoms with Gasteiger partial charge < -0.3 is 19.8 Å². The highest BCUT2D eigenvalue weighted by Crippen LogP contribution is 2.35. The summed E-state index contributed by atoms with van der Waals surface area (Å²) in [6, 6.07) is 7.84. The van der Waals surface area contributed by atoms with Crippen molar-refractivity contribution in [1.29, 1.82) is 0 Å². The number of hydrogen-bond acceptors (Lipinski definition) is 4. The Labute approximate surface area is 143 Å². The van der Waals surface area contributed by atoms with E-state index in [-0.39, 0.29) is 12.5 Å². The fourth-order valence-corrected chi connectivity index (χ4v) is 3.61. The van der Waals surface area contributed by atoms with E-state index in [1.54, 1.807) is 0 Å². The topological polar surface area (TPSA) is 70.0 Å². The lowest BCUT2D eigenvalue weighted by Crippen LogP contribution is -2.55. The zero-order valence-electron chi connectivity index (χ0n) is 14.4. The fourth-order valence-electron chi connectivity index (χ4n) is 3.61. The van der Waals surface area contributed by atoms with Crippen LogP contribution < -0.4 is 0 Å². The number of amides is 1. The Morgan fingerprint density at radius 3 is 2.33 bits per heavy atom. The molecule has 2 aliphatic rings. The molecule has 2 heterocycles. The molecular formula is C19H27NO4. The molecule has 0 aliphatic carbocycles. The number of carbonyl (C=O) groups excluding carboxylic acids is 1. The molecule has 0 bridgehead atoms. The van der Waals surface area contributed by atoms with E-state index in [4.69, 9.17) is 4.74 Å². The van der Waals surface area contributed by atoms with Crippen LogP contribution in [0.1, 0.15) is 54.9 Å². The molecule has 3 rings (SSSR count). The lowest BCUT2D eigenvalue weighted by atomic mass is 9.82. The Morgan fingerprint density at radius 2 is 1.79 bits per heavy atom. The van der Waals surface area contributed by atoms with E-state index in [2.05, 4.69) is 13.8 Å². The molecule has 1 aromatic carbocycles.